The molecule has 170 valence electrons. The second kappa shape index (κ2) is 9.59. The number of rotatable bonds is 8. The van der Waals surface area contributed by atoms with Crippen LogP contribution in [0, 0.1) is 12.8 Å². The van der Waals surface area contributed by atoms with Crippen LogP contribution in [0.1, 0.15) is 43.5 Å². The highest BCUT2D eigenvalue weighted by Crippen LogP contribution is 2.41. The molecule has 0 aromatic heterocycles. The van der Waals surface area contributed by atoms with Crippen LogP contribution in [0.4, 0.5) is 0 Å². The van der Waals surface area contributed by atoms with Crippen LogP contribution in [-0.4, -0.2) is 46.7 Å². The third-order valence-electron chi connectivity index (χ3n) is 6.11. The van der Waals surface area contributed by atoms with Gasteiger partial charge < -0.3 is 9.47 Å². The average molecular weight is 447 g/mol. The van der Waals surface area contributed by atoms with Gasteiger partial charge in [-0.25, -0.2) is 13.1 Å². The summed E-state index contributed by atoms with van der Waals surface area (Å²) >= 11 is 0. The Kier molecular flexibility index (Phi) is 7.29. The van der Waals surface area contributed by atoms with Crippen molar-refractivity contribution in [3.05, 3.63) is 53.1 Å². The number of nitrogens with one attached hydrogen (secondary N) is 1. The fourth-order valence-corrected chi connectivity index (χ4v) is 5.72. The Morgan fingerprint density at radius 3 is 2.26 bits per heavy atom. The van der Waals surface area contributed by atoms with Crippen molar-refractivity contribution in [1.82, 2.24) is 9.62 Å². The zero-order valence-electron chi connectivity index (χ0n) is 19.3. The van der Waals surface area contributed by atoms with Gasteiger partial charge in [0.15, 0.2) is 11.5 Å². The summed E-state index contributed by atoms with van der Waals surface area (Å²) in [6.45, 7) is 9.87. The number of fused-ring (bicyclic) bond motifs is 1. The summed E-state index contributed by atoms with van der Waals surface area (Å²) in [6.07, 6.45) is 0.884. The van der Waals surface area contributed by atoms with Gasteiger partial charge in [-0.1, -0.05) is 38.5 Å². The molecule has 1 aliphatic heterocycles. The molecule has 6 nitrogen and oxygen atoms in total. The maximum atomic E-state index is 13.3. The van der Waals surface area contributed by atoms with Gasteiger partial charge in [0.05, 0.1) is 25.2 Å². The molecule has 3 rings (SSSR count). The minimum absolute atomic E-state index is 0.0818. The number of sulfonamides is 1. The first-order valence-corrected chi connectivity index (χ1v) is 12.3. The number of methoxy groups -OCH3 is 2. The van der Waals surface area contributed by atoms with Gasteiger partial charge in [-0.3, -0.25) is 4.90 Å². The van der Waals surface area contributed by atoms with E-state index in [0.717, 1.165) is 30.6 Å². The van der Waals surface area contributed by atoms with Gasteiger partial charge in [0, 0.05) is 12.6 Å². The summed E-state index contributed by atoms with van der Waals surface area (Å²) in [6, 6.07) is 10.6. The minimum atomic E-state index is -3.67. The SMILES string of the molecule is CCN1CCc2cc(OC)c(OC)cc2[C@H]1[C@@H](NS(=O)(=O)c1ccc(C)cc1)C(C)C. The normalized spacial score (nSPS) is 18.0. The third kappa shape index (κ3) is 4.89. The number of ether oxygens (including phenoxy) is 2. The van der Waals surface area contributed by atoms with Crippen LogP contribution in [0.25, 0.3) is 0 Å². The molecule has 0 saturated heterocycles. The molecule has 0 bridgehead atoms. The largest absolute Gasteiger partial charge is 0.493 e. The van der Waals surface area contributed by atoms with E-state index in [1.807, 2.05) is 31.2 Å². The summed E-state index contributed by atoms with van der Waals surface area (Å²) in [4.78, 5) is 2.63. The van der Waals surface area contributed by atoms with Crippen LogP contribution in [-0.2, 0) is 16.4 Å². The predicted octanol–water partition coefficient (Wildman–Crippen LogP) is 3.93. The van der Waals surface area contributed by atoms with Crippen LogP contribution in [0.3, 0.4) is 0 Å². The van der Waals surface area contributed by atoms with Gasteiger partial charge in [0.25, 0.3) is 0 Å². The van der Waals surface area contributed by atoms with E-state index in [2.05, 4.69) is 30.4 Å². The fourth-order valence-electron chi connectivity index (χ4n) is 4.33. The van der Waals surface area contributed by atoms with Gasteiger partial charge in [-0.05, 0) is 61.2 Å². The maximum absolute atomic E-state index is 13.3. The lowest BCUT2D eigenvalue weighted by atomic mass is 9.84. The summed E-state index contributed by atoms with van der Waals surface area (Å²) in [5.41, 5.74) is 3.29. The molecule has 1 N–H and O–H groups in total. The Labute approximate surface area is 186 Å². The van der Waals surface area contributed by atoms with E-state index in [0.29, 0.717) is 11.5 Å². The van der Waals surface area contributed by atoms with E-state index < -0.39 is 10.0 Å². The summed E-state index contributed by atoms with van der Waals surface area (Å²) in [5, 5.41) is 0. The van der Waals surface area contributed by atoms with Crippen molar-refractivity contribution in [3.63, 3.8) is 0 Å². The Bertz CT molecular complexity index is 1000. The van der Waals surface area contributed by atoms with E-state index in [-0.39, 0.29) is 22.9 Å². The Hall–Kier alpha value is -2.09. The highest BCUT2D eigenvalue weighted by atomic mass is 32.2. The van der Waals surface area contributed by atoms with Crippen LogP contribution < -0.4 is 14.2 Å². The quantitative estimate of drug-likeness (QED) is 0.665. The van der Waals surface area contributed by atoms with Crippen LogP contribution >= 0.6 is 0 Å². The fraction of sp³-hybridized carbons (Fsp3) is 0.500. The molecule has 1 heterocycles. The second-order valence-corrected chi connectivity index (χ2v) is 10.1. The number of likely N-dealkylation sites (N-methyl/N-ethyl adjacent to an activating group) is 1. The van der Waals surface area contributed by atoms with Gasteiger partial charge in [0.2, 0.25) is 10.0 Å². The van der Waals surface area contributed by atoms with Gasteiger partial charge in [-0.2, -0.15) is 0 Å². The molecular formula is C24H34N2O4S. The number of hydrogen-bond acceptors (Lipinski definition) is 5. The standard InChI is InChI=1S/C24H34N2O4S/c1-7-26-13-12-18-14-21(29-5)22(30-6)15-20(18)24(26)23(16(2)3)25-31(27,28)19-10-8-17(4)9-11-19/h8-11,14-16,23-25H,7,12-13H2,1-6H3/t23-,24-/m0/s1. The molecule has 2 atom stereocenters. The summed E-state index contributed by atoms with van der Waals surface area (Å²) in [5.74, 6) is 1.44. The highest BCUT2D eigenvalue weighted by Gasteiger charge is 2.38. The maximum Gasteiger partial charge on any atom is 0.240 e. The van der Waals surface area contributed by atoms with Crippen molar-refractivity contribution in [2.75, 3.05) is 27.3 Å². The van der Waals surface area contributed by atoms with Gasteiger partial charge >= 0.3 is 0 Å². The zero-order chi connectivity index (χ0) is 22.8. The smallest absolute Gasteiger partial charge is 0.240 e. The molecule has 0 radical (unpaired) electrons. The van der Waals surface area contributed by atoms with E-state index >= 15 is 0 Å². The Morgan fingerprint density at radius 1 is 1.10 bits per heavy atom. The first kappa shape index (κ1) is 23.6. The molecule has 0 aliphatic carbocycles. The molecule has 0 saturated carbocycles. The van der Waals surface area contributed by atoms with E-state index in [1.54, 1.807) is 26.4 Å². The number of nitrogens with zero attached hydrogens (tertiary/aromatic N) is 1. The van der Waals surface area contributed by atoms with Crippen molar-refractivity contribution in [1.29, 1.82) is 0 Å². The predicted molar refractivity (Wildman–Crippen MR) is 123 cm³/mol. The van der Waals surface area contributed by atoms with E-state index in [9.17, 15) is 8.42 Å². The van der Waals surface area contributed by atoms with Crippen molar-refractivity contribution in [2.45, 2.75) is 51.1 Å². The second-order valence-electron chi connectivity index (χ2n) is 8.43. The molecule has 7 heteroatoms. The molecule has 2 aromatic carbocycles. The van der Waals surface area contributed by atoms with Crippen molar-refractivity contribution in [3.8, 4) is 11.5 Å². The summed E-state index contributed by atoms with van der Waals surface area (Å²) in [7, 11) is -0.407. The Balaban J connectivity index is 2.06. The van der Waals surface area contributed by atoms with Crippen LogP contribution in [0.2, 0.25) is 0 Å². The van der Waals surface area contributed by atoms with Crippen molar-refractivity contribution >= 4 is 10.0 Å². The molecule has 0 fully saturated rings. The van der Waals surface area contributed by atoms with Crippen molar-refractivity contribution < 1.29 is 17.9 Å². The topological polar surface area (TPSA) is 67.9 Å². The minimum Gasteiger partial charge on any atom is -0.493 e. The van der Waals surface area contributed by atoms with E-state index in [4.69, 9.17) is 9.47 Å². The highest BCUT2D eigenvalue weighted by molar-refractivity contribution is 7.89. The molecule has 0 unspecified atom stereocenters. The zero-order valence-corrected chi connectivity index (χ0v) is 20.1. The van der Waals surface area contributed by atoms with Crippen LogP contribution in [0.5, 0.6) is 11.5 Å². The monoisotopic (exact) mass is 446 g/mol. The van der Waals surface area contributed by atoms with Crippen molar-refractivity contribution in [2.24, 2.45) is 5.92 Å². The summed E-state index contributed by atoms with van der Waals surface area (Å²) < 4.78 is 40.6. The molecule has 31 heavy (non-hydrogen) atoms. The molecular weight excluding hydrogens is 412 g/mol. The third-order valence-corrected chi connectivity index (χ3v) is 7.59. The molecule has 1 aliphatic rings. The van der Waals surface area contributed by atoms with Crippen LogP contribution in [0.15, 0.2) is 41.3 Å². The number of benzene rings is 2. The van der Waals surface area contributed by atoms with Gasteiger partial charge in [-0.15, -0.1) is 0 Å². The molecule has 0 spiro atoms. The number of aryl methyl sites for hydroxylation is 1. The lowest BCUT2D eigenvalue weighted by Gasteiger charge is -2.43. The first-order valence-electron chi connectivity index (χ1n) is 10.8. The lowest BCUT2D eigenvalue weighted by molar-refractivity contribution is 0.141. The average Bonchev–Trinajstić information content (AvgIpc) is 2.75. The Morgan fingerprint density at radius 2 is 1.71 bits per heavy atom. The number of hydrogen-bond donors (Lipinski definition) is 1. The van der Waals surface area contributed by atoms with Gasteiger partial charge in [0.1, 0.15) is 0 Å². The van der Waals surface area contributed by atoms with E-state index in [1.165, 1.54) is 5.56 Å². The first-order chi connectivity index (χ1) is 14.7. The molecule has 0 amide bonds. The lowest BCUT2D eigenvalue weighted by Crippen LogP contribution is -2.51. The molecule has 2 aromatic rings.